The third-order valence-corrected chi connectivity index (χ3v) is 3.79. The number of anilines is 1. The van der Waals surface area contributed by atoms with E-state index < -0.39 is 0 Å². The summed E-state index contributed by atoms with van der Waals surface area (Å²) >= 11 is 3.43. The van der Waals surface area contributed by atoms with Crippen molar-refractivity contribution in [2.45, 2.75) is 6.92 Å². The fraction of sp³-hybridized carbons (Fsp3) is 0.0625. The molecule has 0 unspecified atom stereocenters. The van der Waals surface area contributed by atoms with Crippen LogP contribution >= 0.6 is 15.9 Å². The number of carbonyl (C=O) groups excluding carboxylic acids is 1. The van der Waals surface area contributed by atoms with Crippen LogP contribution in [0.2, 0.25) is 0 Å². The van der Waals surface area contributed by atoms with Crippen molar-refractivity contribution in [1.82, 2.24) is 0 Å². The van der Waals surface area contributed by atoms with E-state index in [1.807, 2.05) is 49.4 Å². The predicted molar refractivity (Wildman–Crippen MR) is 83.0 cm³/mol. The molecule has 0 atom stereocenters. The molecule has 0 saturated carbocycles. The average molecular weight is 330 g/mol. The molecule has 0 saturated heterocycles. The lowest BCUT2D eigenvalue weighted by Crippen LogP contribution is -2.11. The van der Waals surface area contributed by atoms with E-state index in [-0.39, 0.29) is 5.91 Å². The van der Waals surface area contributed by atoms with Crippen LogP contribution in [0.1, 0.15) is 15.9 Å². The summed E-state index contributed by atoms with van der Waals surface area (Å²) in [6.07, 6.45) is 1.49. The monoisotopic (exact) mass is 329 g/mol. The third kappa shape index (κ3) is 2.34. The first-order valence-electron chi connectivity index (χ1n) is 6.19. The van der Waals surface area contributed by atoms with Gasteiger partial charge in [0.25, 0.3) is 5.91 Å². The number of rotatable bonds is 2. The van der Waals surface area contributed by atoms with E-state index in [0.29, 0.717) is 11.1 Å². The van der Waals surface area contributed by atoms with Crippen molar-refractivity contribution in [3.63, 3.8) is 0 Å². The minimum Gasteiger partial charge on any atom is -0.463 e. The largest absolute Gasteiger partial charge is 0.463 e. The Hall–Kier alpha value is -2.07. The molecule has 20 heavy (non-hydrogen) atoms. The molecule has 2 aromatic carbocycles. The summed E-state index contributed by atoms with van der Waals surface area (Å²) in [7, 11) is 0. The second-order valence-electron chi connectivity index (χ2n) is 4.58. The molecule has 1 amide bonds. The quantitative estimate of drug-likeness (QED) is 0.736. The van der Waals surface area contributed by atoms with Crippen LogP contribution in [0.4, 0.5) is 5.69 Å². The number of fused-ring (bicyclic) bond motifs is 1. The zero-order valence-corrected chi connectivity index (χ0v) is 12.4. The van der Waals surface area contributed by atoms with E-state index in [0.717, 1.165) is 21.1 Å². The van der Waals surface area contributed by atoms with E-state index in [9.17, 15) is 4.79 Å². The number of carbonyl (C=O) groups is 1. The lowest BCUT2D eigenvalue weighted by Gasteiger charge is -2.07. The van der Waals surface area contributed by atoms with Crippen molar-refractivity contribution in [2.75, 3.05) is 5.32 Å². The molecule has 1 aromatic heterocycles. The van der Waals surface area contributed by atoms with Crippen LogP contribution in [-0.4, -0.2) is 5.91 Å². The second-order valence-corrected chi connectivity index (χ2v) is 5.44. The van der Waals surface area contributed by atoms with Gasteiger partial charge in [0.2, 0.25) is 0 Å². The number of furan rings is 1. The number of para-hydroxylation sites is 1. The lowest BCUT2D eigenvalue weighted by atomic mass is 10.1. The maximum absolute atomic E-state index is 12.4. The molecule has 0 aliphatic carbocycles. The summed E-state index contributed by atoms with van der Waals surface area (Å²) in [5.41, 5.74) is 3.08. The van der Waals surface area contributed by atoms with Gasteiger partial charge < -0.3 is 9.73 Å². The smallest absolute Gasteiger partial charge is 0.259 e. The lowest BCUT2D eigenvalue weighted by molar-refractivity contribution is 0.102. The third-order valence-electron chi connectivity index (χ3n) is 3.10. The van der Waals surface area contributed by atoms with Gasteiger partial charge in [0, 0.05) is 9.86 Å². The van der Waals surface area contributed by atoms with Gasteiger partial charge in [0.05, 0.1) is 11.3 Å². The van der Waals surface area contributed by atoms with Crippen molar-refractivity contribution >= 4 is 38.5 Å². The van der Waals surface area contributed by atoms with Gasteiger partial charge in [-0.05, 0) is 46.6 Å². The first-order valence-corrected chi connectivity index (χ1v) is 6.98. The van der Waals surface area contributed by atoms with Gasteiger partial charge >= 0.3 is 0 Å². The fourth-order valence-electron chi connectivity index (χ4n) is 2.08. The Morgan fingerprint density at radius 1 is 1.20 bits per heavy atom. The highest BCUT2D eigenvalue weighted by molar-refractivity contribution is 9.10. The van der Waals surface area contributed by atoms with E-state index >= 15 is 0 Å². The van der Waals surface area contributed by atoms with Gasteiger partial charge in [0.15, 0.2) is 0 Å². The summed E-state index contributed by atoms with van der Waals surface area (Å²) in [4.78, 5) is 12.4. The van der Waals surface area contributed by atoms with E-state index in [2.05, 4.69) is 21.2 Å². The summed E-state index contributed by atoms with van der Waals surface area (Å²) < 4.78 is 6.24. The van der Waals surface area contributed by atoms with Gasteiger partial charge in [-0.3, -0.25) is 4.79 Å². The molecule has 0 fully saturated rings. The molecule has 4 heteroatoms. The maximum atomic E-state index is 12.4. The van der Waals surface area contributed by atoms with E-state index in [4.69, 9.17) is 4.42 Å². The Morgan fingerprint density at radius 3 is 2.85 bits per heavy atom. The van der Waals surface area contributed by atoms with Crippen molar-refractivity contribution in [2.24, 2.45) is 0 Å². The molecular formula is C16H12BrNO2. The summed E-state index contributed by atoms with van der Waals surface area (Å²) in [6, 6.07) is 13.3. The number of hydrogen-bond acceptors (Lipinski definition) is 2. The van der Waals surface area contributed by atoms with Crippen molar-refractivity contribution < 1.29 is 9.21 Å². The highest BCUT2D eigenvalue weighted by Crippen LogP contribution is 2.26. The van der Waals surface area contributed by atoms with Crippen molar-refractivity contribution in [3.05, 3.63) is 64.3 Å². The van der Waals surface area contributed by atoms with Gasteiger partial charge in [-0.15, -0.1) is 0 Å². The minimum atomic E-state index is -0.179. The number of amides is 1. The normalized spacial score (nSPS) is 10.7. The molecule has 3 nitrogen and oxygen atoms in total. The fourth-order valence-corrected chi connectivity index (χ4v) is 2.42. The summed E-state index contributed by atoms with van der Waals surface area (Å²) in [5, 5.41) is 3.71. The Labute approximate surface area is 124 Å². The molecule has 3 aromatic rings. The van der Waals surface area contributed by atoms with Gasteiger partial charge in [-0.1, -0.05) is 24.3 Å². The second kappa shape index (κ2) is 5.13. The van der Waals surface area contributed by atoms with E-state index in [1.54, 1.807) is 0 Å². The molecule has 1 N–H and O–H groups in total. The minimum absolute atomic E-state index is 0.179. The topological polar surface area (TPSA) is 42.2 Å². The van der Waals surface area contributed by atoms with Gasteiger partial charge in [0.1, 0.15) is 11.8 Å². The molecule has 100 valence electrons. The highest BCUT2D eigenvalue weighted by atomic mass is 79.9. The van der Waals surface area contributed by atoms with Crippen molar-refractivity contribution in [1.29, 1.82) is 0 Å². The van der Waals surface area contributed by atoms with Crippen LogP contribution in [-0.2, 0) is 0 Å². The number of hydrogen-bond donors (Lipinski definition) is 1. The molecule has 3 rings (SSSR count). The SMILES string of the molecule is Cc1ccc(Br)c(NC(=O)c2coc3ccccc23)c1. The Kier molecular flexibility index (Phi) is 3.32. The Bertz CT molecular complexity index is 792. The van der Waals surface area contributed by atoms with Crippen LogP contribution in [0.3, 0.4) is 0 Å². The molecule has 0 spiro atoms. The van der Waals surface area contributed by atoms with Crippen LogP contribution in [0.15, 0.2) is 57.6 Å². The number of halogens is 1. The Morgan fingerprint density at radius 2 is 2.00 bits per heavy atom. The predicted octanol–water partition coefficient (Wildman–Crippen LogP) is 4.76. The van der Waals surface area contributed by atoms with Crippen LogP contribution in [0, 0.1) is 6.92 Å². The highest BCUT2D eigenvalue weighted by Gasteiger charge is 2.14. The first kappa shape index (κ1) is 12.9. The zero-order valence-electron chi connectivity index (χ0n) is 10.8. The molecule has 0 radical (unpaired) electrons. The Balaban J connectivity index is 1.95. The van der Waals surface area contributed by atoms with Crippen LogP contribution in [0.5, 0.6) is 0 Å². The summed E-state index contributed by atoms with van der Waals surface area (Å²) in [6.45, 7) is 1.98. The number of aryl methyl sites for hydroxylation is 1. The van der Waals surface area contributed by atoms with E-state index in [1.165, 1.54) is 6.26 Å². The standard InChI is InChI=1S/C16H12BrNO2/c1-10-6-7-13(17)14(8-10)18-16(19)12-9-20-15-5-3-2-4-11(12)15/h2-9H,1H3,(H,18,19). The molecular weight excluding hydrogens is 318 g/mol. The molecule has 0 bridgehead atoms. The molecule has 0 aliphatic rings. The summed E-state index contributed by atoms with van der Waals surface area (Å²) in [5.74, 6) is -0.179. The van der Waals surface area contributed by atoms with Gasteiger partial charge in [-0.2, -0.15) is 0 Å². The first-order chi connectivity index (χ1) is 9.65. The van der Waals surface area contributed by atoms with Crippen molar-refractivity contribution in [3.8, 4) is 0 Å². The van der Waals surface area contributed by atoms with Crippen LogP contribution in [0.25, 0.3) is 11.0 Å². The number of benzene rings is 2. The maximum Gasteiger partial charge on any atom is 0.259 e. The molecule has 0 aliphatic heterocycles. The van der Waals surface area contributed by atoms with Gasteiger partial charge in [-0.25, -0.2) is 0 Å². The zero-order chi connectivity index (χ0) is 14.1. The average Bonchev–Trinajstić information content (AvgIpc) is 2.87. The molecule has 1 heterocycles. The number of nitrogens with one attached hydrogen (secondary N) is 1. The van der Waals surface area contributed by atoms with Crippen LogP contribution < -0.4 is 5.32 Å².